The van der Waals surface area contributed by atoms with Crippen LogP contribution in [0.25, 0.3) is 0 Å². The smallest absolute Gasteiger partial charge is 0.311 e. The summed E-state index contributed by atoms with van der Waals surface area (Å²) in [6.45, 7) is 5.02. The standard InChI is InChI=1S/C14H21N3O3/c1-4-5-14(13(18)19)6-7-17(9-14)11-8-12(20-3)16-10(2)15-11/h8H,4-7,9H2,1-3H3,(H,18,19). The van der Waals surface area contributed by atoms with E-state index < -0.39 is 11.4 Å². The van der Waals surface area contributed by atoms with Gasteiger partial charge in [0, 0.05) is 19.2 Å². The lowest BCUT2D eigenvalue weighted by atomic mass is 9.83. The highest BCUT2D eigenvalue weighted by molar-refractivity contribution is 5.76. The number of hydrogen-bond donors (Lipinski definition) is 1. The predicted molar refractivity (Wildman–Crippen MR) is 75.1 cm³/mol. The summed E-state index contributed by atoms with van der Waals surface area (Å²) in [5.74, 6) is 1.17. The largest absolute Gasteiger partial charge is 0.481 e. The zero-order chi connectivity index (χ0) is 14.8. The summed E-state index contributed by atoms with van der Waals surface area (Å²) in [5.41, 5.74) is -0.652. The average molecular weight is 279 g/mol. The quantitative estimate of drug-likeness (QED) is 0.887. The maximum atomic E-state index is 11.6. The minimum absolute atomic E-state index is 0.496. The van der Waals surface area contributed by atoms with Gasteiger partial charge in [0.1, 0.15) is 11.6 Å². The number of carboxylic acid groups (broad SMARTS) is 1. The van der Waals surface area contributed by atoms with Gasteiger partial charge in [-0.05, 0) is 19.8 Å². The molecule has 0 aliphatic carbocycles. The SMILES string of the molecule is CCCC1(C(=O)O)CCN(c2cc(OC)nc(C)n2)C1. The van der Waals surface area contributed by atoms with Crippen molar-refractivity contribution in [1.82, 2.24) is 9.97 Å². The van der Waals surface area contributed by atoms with Gasteiger partial charge in [0.05, 0.1) is 12.5 Å². The summed E-state index contributed by atoms with van der Waals surface area (Å²) in [7, 11) is 1.56. The van der Waals surface area contributed by atoms with Crippen LogP contribution in [-0.2, 0) is 4.79 Å². The first-order valence-corrected chi connectivity index (χ1v) is 6.89. The van der Waals surface area contributed by atoms with E-state index in [9.17, 15) is 9.90 Å². The molecule has 0 spiro atoms. The van der Waals surface area contributed by atoms with Crippen LogP contribution in [0.15, 0.2) is 6.07 Å². The van der Waals surface area contributed by atoms with Crippen LogP contribution in [-0.4, -0.2) is 41.2 Å². The molecule has 1 saturated heterocycles. The molecule has 1 aliphatic rings. The maximum absolute atomic E-state index is 11.6. The van der Waals surface area contributed by atoms with Gasteiger partial charge >= 0.3 is 5.97 Å². The second kappa shape index (κ2) is 5.64. The summed E-state index contributed by atoms with van der Waals surface area (Å²) in [6.07, 6.45) is 2.22. The summed E-state index contributed by atoms with van der Waals surface area (Å²) in [6, 6.07) is 1.76. The first-order chi connectivity index (χ1) is 9.50. The number of rotatable bonds is 5. The summed E-state index contributed by atoms with van der Waals surface area (Å²) >= 11 is 0. The van der Waals surface area contributed by atoms with Crippen molar-refractivity contribution in [3.8, 4) is 5.88 Å². The first-order valence-electron chi connectivity index (χ1n) is 6.89. The molecule has 0 saturated carbocycles. The van der Waals surface area contributed by atoms with Crippen LogP contribution in [0, 0.1) is 12.3 Å². The van der Waals surface area contributed by atoms with E-state index in [1.54, 1.807) is 20.1 Å². The number of hydrogen-bond acceptors (Lipinski definition) is 5. The minimum atomic E-state index is -0.709. The molecule has 1 N–H and O–H groups in total. The first kappa shape index (κ1) is 14.6. The van der Waals surface area contributed by atoms with E-state index in [1.807, 2.05) is 11.8 Å². The number of carbonyl (C=O) groups is 1. The van der Waals surface area contributed by atoms with Gasteiger partial charge in [-0.15, -0.1) is 0 Å². The van der Waals surface area contributed by atoms with Crippen LogP contribution in [0.5, 0.6) is 5.88 Å². The second-order valence-electron chi connectivity index (χ2n) is 5.32. The Morgan fingerprint density at radius 1 is 1.55 bits per heavy atom. The number of ether oxygens (including phenoxy) is 1. The minimum Gasteiger partial charge on any atom is -0.481 e. The van der Waals surface area contributed by atoms with Crippen LogP contribution in [0.3, 0.4) is 0 Å². The normalized spacial score (nSPS) is 22.1. The van der Waals surface area contributed by atoms with Gasteiger partial charge in [-0.1, -0.05) is 13.3 Å². The Morgan fingerprint density at radius 2 is 2.30 bits per heavy atom. The van der Waals surface area contributed by atoms with Crippen LogP contribution in [0.4, 0.5) is 5.82 Å². The Balaban J connectivity index is 2.24. The molecule has 110 valence electrons. The molecule has 0 aromatic carbocycles. The van der Waals surface area contributed by atoms with Crippen LogP contribution in [0.2, 0.25) is 0 Å². The highest BCUT2D eigenvalue weighted by atomic mass is 16.5. The van der Waals surface area contributed by atoms with Crippen LogP contribution in [0.1, 0.15) is 32.0 Å². The second-order valence-corrected chi connectivity index (χ2v) is 5.32. The molecular weight excluding hydrogens is 258 g/mol. The monoisotopic (exact) mass is 279 g/mol. The third-order valence-corrected chi connectivity index (χ3v) is 3.87. The number of aliphatic carboxylic acids is 1. The summed E-state index contributed by atoms with van der Waals surface area (Å²) in [5, 5.41) is 9.53. The van der Waals surface area contributed by atoms with Gasteiger partial charge in [-0.3, -0.25) is 4.79 Å². The van der Waals surface area contributed by atoms with E-state index in [4.69, 9.17) is 4.74 Å². The molecule has 1 atom stereocenters. The summed E-state index contributed by atoms with van der Waals surface area (Å²) < 4.78 is 5.15. The molecule has 1 aromatic heterocycles. The molecular formula is C14H21N3O3. The number of nitrogens with zero attached hydrogens (tertiary/aromatic N) is 3. The molecule has 2 heterocycles. The zero-order valence-corrected chi connectivity index (χ0v) is 12.2. The fourth-order valence-corrected chi connectivity index (χ4v) is 2.82. The molecule has 0 amide bonds. The van der Waals surface area contributed by atoms with Crippen LogP contribution < -0.4 is 9.64 Å². The van der Waals surface area contributed by atoms with E-state index in [2.05, 4.69) is 9.97 Å². The Hall–Kier alpha value is -1.85. The average Bonchev–Trinajstić information content (AvgIpc) is 2.84. The molecule has 1 unspecified atom stereocenters. The molecule has 1 fully saturated rings. The number of aromatic nitrogens is 2. The molecule has 1 aromatic rings. The third kappa shape index (κ3) is 2.69. The van der Waals surface area contributed by atoms with E-state index in [1.165, 1.54) is 0 Å². The van der Waals surface area contributed by atoms with Crippen molar-refractivity contribution in [2.24, 2.45) is 5.41 Å². The molecule has 0 bridgehead atoms. The van der Waals surface area contributed by atoms with Crippen molar-refractivity contribution in [1.29, 1.82) is 0 Å². The molecule has 6 nitrogen and oxygen atoms in total. The molecule has 1 aliphatic heterocycles. The van der Waals surface area contributed by atoms with Crippen molar-refractivity contribution in [2.45, 2.75) is 33.1 Å². The van der Waals surface area contributed by atoms with Crippen molar-refractivity contribution >= 4 is 11.8 Å². The topological polar surface area (TPSA) is 75.5 Å². The number of methoxy groups -OCH3 is 1. The fourth-order valence-electron chi connectivity index (χ4n) is 2.82. The third-order valence-electron chi connectivity index (χ3n) is 3.87. The maximum Gasteiger partial charge on any atom is 0.311 e. The van der Waals surface area contributed by atoms with E-state index in [-0.39, 0.29) is 0 Å². The summed E-state index contributed by atoms with van der Waals surface area (Å²) in [4.78, 5) is 22.2. The molecule has 6 heteroatoms. The van der Waals surface area contributed by atoms with Gasteiger partial charge < -0.3 is 14.7 Å². The molecule has 0 radical (unpaired) electrons. The van der Waals surface area contributed by atoms with Crippen molar-refractivity contribution in [2.75, 3.05) is 25.1 Å². The van der Waals surface area contributed by atoms with Gasteiger partial charge in [-0.25, -0.2) is 4.98 Å². The Labute approximate surface area is 118 Å². The Bertz CT molecular complexity index is 506. The van der Waals surface area contributed by atoms with Crippen molar-refractivity contribution < 1.29 is 14.6 Å². The van der Waals surface area contributed by atoms with E-state index in [0.29, 0.717) is 37.6 Å². The highest BCUT2D eigenvalue weighted by Crippen LogP contribution is 2.37. The lowest BCUT2D eigenvalue weighted by Gasteiger charge is -2.24. The predicted octanol–water partition coefficient (Wildman–Crippen LogP) is 1.87. The van der Waals surface area contributed by atoms with E-state index >= 15 is 0 Å². The van der Waals surface area contributed by atoms with Crippen molar-refractivity contribution in [3.63, 3.8) is 0 Å². The molecule has 20 heavy (non-hydrogen) atoms. The Morgan fingerprint density at radius 3 is 2.90 bits per heavy atom. The van der Waals surface area contributed by atoms with Gasteiger partial charge in [0.25, 0.3) is 0 Å². The van der Waals surface area contributed by atoms with Gasteiger partial charge in [0.2, 0.25) is 5.88 Å². The van der Waals surface area contributed by atoms with Crippen LogP contribution >= 0.6 is 0 Å². The van der Waals surface area contributed by atoms with E-state index in [0.717, 1.165) is 12.2 Å². The van der Waals surface area contributed by atoms with Gasteiger partial charge in [-0.2, -0.15) is 4.98 Å². The zero-order valence-electron chi connectivity index (χ0n) is 12.2. The highest BCUT2D eigenvalue weighted by Gasteiger charge is 2.44. The Kier molecular flexibility index (Phi) is 4.11. The van der Waals surface area contributed by atoms with Crippen molar-refractivity contribution in [3.05, 3.63) is 11.9 Å². The number of carboxylic acids is 1. The number of aryl methyl sites for hydroxylation is 1. The fraction of sp³-hybridized carbons (Fsp3) is 0.643. The lowest BCUT2D eigenvalue weighted by molar-refractivity contribution is -0.148. The van der Waals surface area contributed by atoms with Gasteiger partial charge in [0.15, 0.2) is 0 Å². The number of anilines is 1. The molecule has 2 rings (SSSR count). The lowest BCUT2D eigenvalue weighted by Crippen LogP contribution is -2.34.